The number of esters is 1. The van der Waals surface area contributed by atoms with Crippen molar-refractivity contribution in [3.05, 3.63) is 0 Å². The maximum atomic E-state index is 13.6. The summed E-state index contributed by atoms with van der Waals surface area (Å²) in [5.74, 6) is -1.57. The number of carbonyl (C=O) groups excluding carboxylic acids is 3. The number of ether oxygens (including phenoxy) is 1. The Kier molecular flexibility index (Phi) is 6.10. The fourth-order valence-corrected chi connectivity index (χ4v) is 8.67. The first kappa shape index (κ1) is 21.9. The molecule has 3 saturated heterocycles. The van der Waals surface area contributed by atoms with Crippen LogP contribution in [-0.2, 0) is 19.1 Å². The number of aliphatic hydroxyl groups is 1. The molecule has 5 atom stereocenters. The summed E-state index contributed by atoms with van der Waals surface area (Å²) in [7, 11) is 0. The molecule has 4 fully saturated rings. The SMILES string of the molecule is CCOC(=O)[C@H]1[C@H]2C(=O)N(CCCO)C(C(=O)NC3CCCCC3)C23CC[C@]1(C)S3. The molecule has 0 aromatic heterocycles. The molecule has 168 valence electrons. The molecule has 0 aromatic carbocycles. The number of nitrogens with one attached hydrogen (secondary N) is 1. The van der Waals surface area contributed by atoms with Crippen molar-refractivity contribution < 1.29 is 24.2 Å². The Labute approximate surface area is 182 Å². The fourth-order valence-electron chi connectivity index (χ4n) is 6.32. The molecule has 1 spiro atoms. The standard InChI is InChI=1S/C22H34N2O5S/c1-3-29-20(28)16-15-19(27)24(12-7-13-25)17(22(15)11-10-21(16,2)30-22)18(26)23-14-8-5-4-6-9-14/h14-17,25H,3-13H2,1-2H3,(H,23,26)/t15-,16+,17?,21-,22?/m0/s1. The van der Waals surface area contributed by atoms with Gasteiger partial charge in [0.2, 0.25) is 11.8 Å². The molecular weight excluding hydrogens is 404 g/mol. The van der Waals surface area contributed by atoms with Gasteiger partial charge in [0.1, 0.15) is 6.04 Å². The van der Waals surface area contributed by atoms with E-state index in [9.17, 15) is 19.5 Å². The molecule has 2 N–H and O–H groups in total. The monoisotopic (exact) mass is 438 g/mol. The van der Waals surface area contributed by atoms with Gasteiger partial charge in [-0.2, -0.15) is 0 Å². The van der Waals surface area contributed by atoms with E-state index in [1.807, 2.05) is 6.92 Å². The molecule has 4 aliphatic rings. The van der Waals surface area contributed by atoms with Gasteiger partial charge in [0.05, 0.1) is 23.2 Å². The van der Waals surface area contributed by atoms with Gasteiger partial charge in [-0.25, -0.2) is 0 Å². The molecular formula is C22H34N2O5S. The fraction of sp³-hybridized carbons (Fsp3) is 0.864. The van der Waals surface area contributed by atoms with E-state index >= 15 is 0 Å². The second-order valence-corrected chi connectivity index (χ2v) is 11.3. The van der Waals surface area contributed by atoms with Gasteiger partial charge in [-0.3, -0.25) is 14.4 Å². The lowest BCUT2D eigenvalue weighted by Gasteiger charge is -2.35. The third-order valence-corrected chi connectivity index (χ3v) is 9.56. The van der Waals surface area contributed by atoms with Gasteiger partial charge in [-0.05, 0) is 46.0 Å². The molecule has 0 aromatic rings. The van der Waals surface area contributed by atoms with Crippen molar-refractivity contribution in [2.24, 2.45) is 11.8 Å². The lowest BCUT2D eigenvalue weighted by atomic mass is 9.66. The van der Waals surface area contributed by atoms with E-state index in [0.29, 0.717) is 13.0 Å². The lowest BCUT2D eigenvalue weighted by molar-refractivity contribution is -0.155. The van der Waals surface area contributed by atoms with Crippen LogP contribution < -0.4 is 5.32 Å². The van der Waals surface area contributed by atoms with Crippen molar-refractivity contribution in [3.8, 4) is 0 Å². The summed E-state index contributed by atoms with van der Waals surface area (Å²) in [6.45, 7) is 4.41. The van der Waals surface area contributed by atoms with E-state index in [2.05, 4.69) is 5.32 Å². The van der Waals surface area contributed by atoms with Gasteiger partial charge in [-0.15, -0.1) is 11.8 Å². The summed E-state index contributed by atoms with van der Waals surface area (Å²) >= 11 is 1.67. The normalized spacial score (nSPS) is 38.0. The van der Waals surface area contributed by atoms with Crippen LogP contribution in [0.4, 0.5) is 0 Å². The number of likely N-dealkylation sites (tertiary alicyclic amines) is 1. The first-order chi connectivity index (χ1) is 14.4. The Morgan fingerprint density at radius 3 is 2.67 bits per heavy atom. The van der Waals surface area contributed by atoms with Gasteiger partial charge in [0, 0.05) is 23.9 Å². The Morgan fingerprint density at radius 1 is 1.27 bits per heavy atom. The number of nitrogens with zero attached hydrogens (tertiary/aromatic N) is 1. The molecule has 2 amide bonds. The predicted octanol–water partition coefficient (Wildman–Crippen LogP) is 1.86. The highest BCUT2D eigenvalue weighted by Crippen LogP contribution is 2.71. The molecule has 8 heteroatoms. The van der Waals surface area contributed by atoms with Crippen LogP contribution in [0.25, 0.3) is 0 Å². The summed E-state index contributed by atoms with van der Waals surface area (Å²) in [5, 5.41) is 12.6. The molecule has 2 unspecified atom stereocenters. The van der Waals surface area contributed by atoms with E-state index < -0.39 is 22.6 Å². The summed E-state index contributed by atoms with van der Waals surface area (Å²) in [6.07, 6.45) is 7.38. The van der Waals surface area contributed by atoms with Crippen molar-refractivity contribution >= 4 is 29.5 Å². The Bertz CT molecular complexity index is 712. The van der Waals surface area contributed by atoms with Gasteiger partial charge in [0.15, 0.2) is 0 Å². The molecule has 7 nitrogen and oxygen atoms in total. The summed E-state index contributed by atoms with van der Waals surface area (Å²) < 4.78 is 4.41. The number of thioether (sulfide) groups is 1. The van der Waals surface area contributed by atoms with E-state index in [4.69, 9.17) is 4.74 Å². The van der Waals surface area contributed by atoms with Crippen LogP contribution in [-0.4, -0.2) is 69.1 Å². The third kappa shape index (κ3) is 3.34. The van der Waals surface area contributed by atoms with Crippen molar-refractivity contribution in [3.63, 3.8) is 0 Å². The van der Waals surface area contributed by atoms with Crippen LogP contribution >= 0.6 is 11.8 Å². The van der Waals surface area contributed by atoms with Crippen molar-refractivity contribution in [2.75, 3.05) is 19.8 Å². The minimum atomic E-state index is -0.588. The zero-order chi connectivity index (χ0) is 21.5. The second-order valence-electron chi connectivity index (χ2n) is 9.43. The molecule has 30 heavy (non-hydrogen) atoms. The summed E-state index contributed by atoms with van der Waals surface area (Å²) in [5.41, 5.74) is 0. The van der Waals surface area contributed by atoms with Gasteiger partial charge < -0.3 is 20.1 Å². The van der Waals surface area contributed by atoms with E-state index in [1.54, 1.807) is 23.6 Å². The number of rotatable bonds is 7. The molecule has 4 rings (SSSR count). The number of carbonyl (C=O) groups is 3. The Balaban J connectivity index is 1.66. The molecule has 1 saturated carbocycles. The van der Waals surface area contributed by atoms with Crippen molar-refractivity contribution in [1.82, 2.24) is 10.2 Å². The summed E-state index contributed by atoms with van der Waals surface area (Å²) in [6, 6.07) is -0.425. The number of hydrogen-bond donors (Lipinski definition) is 2. The second kappa shape index (κ2) is 8.34. The largest absolute Gasteiger partial charge is 0.466 e. The Morgan fingerprint density at radius 2 is 2.00 bits per heavy atom. The highest BCUT2D eigenvalue weighted by Gasteiger charge is 2.77. The van der Waals surface area contributed by atoms with Crippen LogP contribution in [0.5, 0.6) is 0 Å². The lowest BCUT2D eigenvalue weighted by Crippen LogP contribution is -2.55. The quantitative estimate of drug-likeness (QED) is 0.589. The van der Waals surface area contributed by atoms with Crippen molar-refractivity contribution in [1.29, 1.82) is 0 Å². The maximum absolute atomic E-state index is 13.6. The van der Waals surface area contributed by atoms with Gasteiger partial charge in [-0.1, -0.05) is 19.3 Å². The number of fused-ring (bicyclic) bond motifs is 1. The average molecular weight is 439 g/mol. The smallest absolute Gasteiger partial charge is 0.311 e. The first-order valence-corrected chi connectivity index (χ1v) is 12.3. The minimum Gasteiger partial charge on any atom is -0.466 e. The van der Waals surface area contributed by atoms with Crippen LogP contribution in [0.15, 0.2) is 0 Å². The molecule has 3 aliphatic heterocycles. The van der Waals surface area contributed by atoms with Crippen molar-refractivity contribution in [2.45, 2.75) is 86.8 Å². The molecule has 1 aliphatic carbocycles. The van der Waals surface area contributed by atoms with Crippen LogP contribution in [0.3, 0.4) is 0 Å². The molecule has 3 heterocycles. The number of amides is 2. The Hall–Kier alpha value is -1.28. The minimum absolute atomic E-state index is 0.0371. The molecule has 0 radical (unpaired) electrons. The van der Waals surface area contributed by atoms with Crippen LogP contribution in [0, 0.1) is 11.8 Å². The average Bonchev–Trinajstić information content (AvgIpc) is 3.28. The third-order valence-electron chi connectivity index (χ3n) is 7.57. The zero-order valence-corrected chi connectivity index (χ0v) is 18.8. The maximum Gasteiger partial charge on any atom is 0.311 e. The summed E-state index contributed by atoms with van der Waals surface area (Å²) in [4.78, 5) is 41.7. The first-order valence-electron chi connectivity index (χ1n) is 11.5. The highest BCUT2D eigenvalue weighted by molar-refractivity contribution is 8.02. The van der Waals surface area contributed by atoms with E-state index in [0.717, 1.165) is 38.5 Å². The molecule has 2 bridgehead atoms. The van der Waals surface area contributed by atoms with E-state index in [-0.39, 0.29) is 41.8 Å². The van der Waals surface area contributed by atoms with Crippen LogP contribution in [0.1, 0.15) is 65.2 Å². The van der Waals surface area contributed by atoms with Crippen LogP contribution in [0.2, 0.25) is 0 Å². The zero-order valence-electron chi connectivity index (χ0n) is 18.0. The highest BCUT2D eigenvalue weighted by atomic mass is 32.2. The van der Waals surface area contributed by atoms with E-state index in [1.165, 1.54) is 6.42 Å². The number of aliphatic hydroxyl groups excluding tert-OH is 1. The number of hydrogen-bond acceptors (Lipinski definition) is 6. The topological polar surface area (TPSA) is 95.9 Å². The predicted molar refractivity (Wildman–Crippen MR) is 114 cm³/mol. The van der Waals surface area contributed by atoms with Gasteiger partial charge >= 0.3 is 5.97 Å². The van der Waals surface area contributed by atoms with Gasteiger partial charge in [0.25, 0.3) is 0 Å².